The maximum atomic E-state index is 11.0. The van der Waals surface area contributed by atoms with Crippen LogP contribution >= 0.6 is 0 Å². The average Bonchev–Trinajstić information content (AvgIpc) is 2.25. The van der Waals surface area contributed by atoms with Crippen LogP contribution in [-0.4, -0.2) is 22.6 Å². The van der Waals surface area contributed by atoms with Gasteiger partial charge in [0.25, 0.3) is 0 Å². The molecule has 0 aliphatic carbocycles. The summed E-state index contributed by atoms with van der Waals surface area (Å²) in [6.45, 7) is 7.13. The van der Waals surface area contributed by atoms with Gasteiger partial charge in [0.2, 0.25) is 0 Å². The molecule has 0 aliphatic heterocycles. The lowest BCUT2D eigenvalue weighted by Crippen LogP contribution is -2.32. The summed E-state index contributed by atoms with van der Waals surface area (Å²) in [5, 5.41) is 21.1. The van der Waals surface area contributed by atoms with Gasteiger partial charge in [-0.25, -0.2) is 4.98 Å². The summed E-state index contributed by atoms with van der Waals surface area (Å²) >= 11 is 0. The molecule has 96 valence electrons. The highest BCUT2D eigenvalue weighted by molar-refractivity contribution is 5.74. The Balaban J connectivity index is 2.99. The predicted octanol–water partition coefficient (Wildman–Crippen LogP) is 2.09. The van der Waals surface area contributed by atoms with Crippen molar-refractivity contribution in [2.45, 2.75) is 27.7 Å². The van der Waals surface area contributed by atoms with Crippen LogP contribution in [0.25, 0.3) is 0 Å². The highest BCUT2D eigenvalue weighted by atomic mass is 16.4. The van der Waals surface area contributed by atoms with Gasteiger partial charge in [0.1, 0.15) is 11.9 Å². The summed E-state index contributed by atoms with van der Waals surface area (Å²) in [7, 11) is 0. The third kappa shape index (κ3) is 2.98. The van der Waals surface area contributed by atoms with Crippen LogP contribution in [0.1, 0.15) is 30.7 Å². The van der Waals surface area contributed by atoms with E-state index >= 15 is 0 Å². The zero-order valence-corrected chi connectivity index (χ0v) is 11.0. The number of aryl methyl sites for hydroxylation is 2. The molecular formula is C13H17N3O2. The summed E-state index contributed by atoms with van der Waals surface area (Å²) in [5.41, 5.74) is 1.18. The first-order valence-corrected chi connectivity index (χ1v) is 5.63. The van der Waals surface area contributed by atoms with E-state index in [0.29, 0.717) is 11.4 Å². The second-order valence-electron chi connectivity index (χ2n) is 4.96. The fraction of sp³-hybridized carbons (Fsp3) is 0.462. The minimum atomic E-state index is -0.911. The van der Waals surface area contributed by atoms with Gasteiger partial charge in [0, 0.05) is 12.2 Å². The standard InChI is InChI=1S/C13H17N3O2/c1-8-5-9(2)16-11(10(8)6-14)15-7-13(3,4)12(17)18/h5H,7H2,1-4H3,(H,15,16)(H,17,18). The number of anilines is 1. The van der Waals surface area contributed by atoms with Crippen molar-refractivity contribution in [3.63, 3.8) is 0 Å². The number of carbonyl (C=O) groups is 1. The molecule has 2 N–H and O–H groups in total. The van der Waals surface area contributed by atoms with E-state index in [2.05, 4.69) is 16.4 Å². The molecule has 0 saturated heterocycles. The number of pyridine rings is 1. The smallest absolute Gasteiger partial charge is 0.310 e. The zero-order chi connectivity index (χ0) is 13.9. The number of aromatic nitrogens is 1. The summed E-state index contributed by atoms with van der Waals surface area (Å²) < 4.78 is 0. The number of rotatable bonds is 4. The number of hydrogen-bond acceptors (Lipinski definition) is 4. The largest absolute Gasteiger partial charge is 0.481 e. The minimum Gasteiger partial charge on any atom is -0.481 e. The Morgan fingerprint density at radius 3 is 2.67 bits per heavy atom. The monoisotopic (exact) mass is 247 g/mol. The van der Waals surface area contributed by atoms with Crippen LogP contribution in [0.4, 0.5) is 5.82 Å². The second-order valence-corrected chi connectivity index (χ2v) is 4.96. The molecule has 0 aromatic carbocycles. The second kappa shape index (κ2) is 5.05. The number of nitrogens with zero attached hydrogens (tertiary/aromatic N) is 2. The first-order chi connectivity index (χ1) is 8.27. The zero-order valence-electron chi connectivity index (χ0n) is 11.0. The Kier molecular flexibility index (Phi) is 3.92. The third-order valence-corrected chi connectivity index (χ3v) is 2.73. The van der Waals surface area contributed by atoms with Crippen molar-refractivity contribution < 1.29 is 9.90 Å². The molecular weight excluding hydrogens is 230 g/mol. The molecule has 1 aromatic rings. The van der Waals surface area contributed by atoms with Gasteiger partial charge in [0.15, 0.2) is 0 Å². The third-order valence-electron chi connectivity index (χ3n) is 2.73. The molecule has 0 unspecified atom stereocenters. The molecule has 0 spiro atoms. The van der Waals surface area contributed by atoms with Crippen molar-refractivity contribution in [2.24, 2.45) is 5.41 Å². The summed E-state index contributed by atoms with van der Waals surface area (Å²) in [4.78, 5) is 15.2. The Labute approximate surface area is 106 Å². The van der Waals surface area contributed by atoms with E-state index in [1.807, 2.05) is 19.9 Å². The maximum absolute atomic E-state index is 11.0. The normalized spacial score (nSPS) is 10.8. The van der Waals surface area contributed by atoms with Crippen LogP contribution in [0.3, 0.4) is 0 Å². The van der Waals surface area contributed by atoms with Crippen molar-refractivity contribution in [1.82, 2.24) is 4.98 Å². The van der Waals surface area contributed by atoms with E-state index in [4.69, 9.17) is 10.4 Å². The van der Waals surface area contributed by atoms with Crippen LogP contribution < -0.4 is 5.32 Å². The van der Waals surface area contributed by atoms with Crippen LogP contribution in [0.15, 0.2) is 6.07 Å². The molecule has 1 aromatic heterocycles. The van der Waals surface area contributed by atoms with Crippen LogP contribution in [0.2, 0.25) is 0 Å². The molecule has 1 rings (SSSR count). The number of hydrogen-bond donors (Lipinski definition) is 2. The molecule has 1 heterocycles. The van der Waals surface area contributed by atoms with E-state index in [9.17, 15) is 4.79 Å². The van der Waals surface area contributed by atoms with Gasteiger partial charge in [-0.05, 0) is 39.3 Å². The maximum Gasteiger partial charge on any atom is 0.310 e. The fourth-order valence-electron chi connectivity index (χ4n) is 1.49. The number of carboxylic acid groups (broad SMARTS) is 1. The van der Waals surface area contributed by atoms with Crippen molar-refractivity contribution >= 4 is 11.8 Å². The molecule has 5 heteroatoms. The molecule has 0 fully saturated rings. The predicted molar refractivity (Wildman–Crippen MR) is 68.3 cm³/mol. The average molecular weight is 247 g/mol. The lowest BCUT2D eigenvalue weighted by atomic mass is 9.94. The Hall–Kier alpha value is -2.09. The molecule has 0 amide bonds. The van der Waals surface area contributed by atoms with Gasteiger partial charge in [-0.15, -0.1) is 0 Å². The van der Waals surface area contributed by atoms with Crippen molar-refractivity contribution in [3.8, 4) is 6.07 Å². The van der Waals surface area contributed by atoms with E-state index in [1.54, 1.807) is 13.8 Å². The number of aliphatic carboxylic acids is 1. The quantitative estimate of drug-likeness (QED) is 0.850. The molecule has 0 saturated carbocycles. The highest BCUT2D eigenvalue weighted by Crippen LogP contribution is 2.21. The lowest BCUT2D eigenvalue weighted by Gasteiger charge is -2.20. The molecule has 0 atom stereocenters. The SMILES string of the molecule is Cc1cc(C)c(C#N)c(NCC(C)(C)C(=O)O)n1. The lowest BCUT2D eigenvalue weighted by molar-refractivity contribution is -0.146. The highest BCUT2D eigenvalue weighted by Gasteiger charge is 2.27. The Bertz CT molecular complexity index is 516. The molecule has 18 heavy (non-hydrogen) atoms. The van der Waals surface area contributed by atoms with Crippen LogP contribution in [0, 0.1) is 30.6 Å². The molecule has 0 bridgehead atoms. The summed E-state index contributed by atoms with van der Waals surface area (Å²) in [6, 6.07) is 3.91. The van der Waals surface area contributed by atoms with E-state index < -0.39 is 11.4 Å². The molecule has 5 nitrogen and oxygen atoms in total. The molecule has 0 aliphatic rings. The van der Waals surface area contributed by atoms with E-state index in [0.717, 1.165) is 11.3 Å². The topological polar surface area (TPSA) is 86.0 Å². The van der Waals surface area contributed by atoms with Gasteiger partial charge in [-0.1, -0.05) is 0 Å². The first-order valence-electron chi connectivity index (χ1n) is 5.63. The summed E-state index contributed by atoms with van der Waals surface area (Å²) in [6.07, 6.45) is 0. The number of nitrogens with one attached hydrogen (secondary N) is 1. The van der Waals surface area contributed by atoms with Crippen LogP contribution in [0.5, 0.6) is 0 Å². The van der Waals surface area contributed by atoms with Crippen molar-refractivity contribution in [1.29, 1.82) is 5.26 Å². The van der Waals surface area contributed by atoms with Gasteiger partial charge in [-0.2, -0.15) is 5.26 Å². The van der Waals surface area contributed by atoms with Gasteiger partial charge in [-0.3, -0.25) is 4.79 Å². The van der Waals surface area contributed by atoms with Crippen LogP contribution in [-0.2, 0) is 4.79 Å². The minimum absolute atomic E-state index is 0.215. The Morgan fingerprint density at radius 1 is 1.56 bits per heavy atom. The fourth-order valence-corrected chi connectivity index (χ4v) is 1.49. The molecule has 0 radical (unpaired) electrons. The Morgan fingerprint density at radius 2 is 2.17 bits per heavy atom. The number of nitriles is 1. The van der Waals surface area contributed by atoms with E-state index in [-0.39, 0.29) is 6.54 Å². The van der Waals surface area contributed by atoms with Gasteiger partial charge < -0.3 is 10.4 Å². The van der Waals surface area contributed by atoms with E-state index in [1.165, 1.54) is 0 Å². The van der Waals surface area contributed by atoms with Gasteiger partial charge >= 0.3 is 5.97 Å². The van der Waals surface area contributed by atoms with Gasteiger partial charge in [0.05, 0.1) is 11.0 Å². The number of carboxylic acids is 1. The van der Waals surface area contributed by atoms with Crippen molar-refractivity contribution in [2.75, 3.05) is 11.9 Å². The van der Waals surface area contributed by atoms with Crippen molar-refractivity contribution in [3.05, 3.63) is 22.9 Å². The first kappa shape index (κ1) is 14.0. The summed E-state index contributed by atoms with van der Waals surface area (Å²) in [5.74, 6) is -0.442.